The van der Waals surface area contributed by atoms with E-state index in [1.807, 2.05) is 48.5 Å². The van der Waals surface area contributed by atoms with Crippen LogP contribution in [0.3, 0.4) is 0 Å². The number of para-hydroxylation sites is 1. The van der Waals surface area contributed by atoms with E-state index < -0.39 is 0 Å². The predicted molar refractivity (Wildman–Crippen MR) is 122 cm³/mol. The van der Waals surface area contributed by atoms with Crippen molar-refractivity contribution in [2.45, 2.75) is 25.7 Å². The van der Waals surface area contributed by atoms with Gasteiger partial charge in [-0.25, -0.2) is 0 Å². The minimum absolute atomic E-state index is 0.314. The summed E-state index contributed by atoms with van der Waals surface area (Å²) in [6.07, 6.45) is 4.99. The van der Waals surface area contributed by atoms with Crippen molar-refractivity contribution in [2.75, 3.05) is 44.4 Å². The van der Waals surface area contributed by atoms with Crippen molar-refractivity contribution in [2.24, 2.45) is 0 Å². The van der Waals surface area contributed by atoms with Crippen LogP contribution in [-0.4, -0.2) is 53.0 Å². The van der Waals surface area contributed by atoms with Gasteiger partial charge in [0.05, 0.1) is 19.4 Å². The van der Waals surface area contributed by atoms with Crippen molar-refractivity contribution in [3.8, 4) is 17.2 Å². The first kappa shape index (κ1) is 21.0. The molecule has 164 valence electrons. The number of nitrogens with one attached hydrogen (secondary N) is 1. The highest BCUT2D eigenvalue weighted by atomic mass is 16.5. The van der Waals surface area contributed by atoms with E-state index >= 15 is 0 Å². The predicted octanol–water partition coefficient (Wildman–Crippen LogP) is 3.86. The fraction of sp³-hybridized carbons (Fsp3) is 0.391. The normalized spacial score (nSPS) is 14.4. The number of hydrogen-bond acceptors (Lipinski definition) is 7. The van der Waals surface area contributed by atoms with Crippen molar-refractivity contribution in [3.63, 3.8) is 0 Å². The molecule has 8 nitrogen and oxygen atoms in total. The van der Waals surface area contributed by atoms with Gasteiger partial charge in [0, 0.05) is 18.3 Å². The maximum absolute atomic E-state index is 6.03. The van der Waals surface area contributed by atoms with E-state index in [-0.39, 0.29) is 0 Å². The minimum atomic E-state index is 0.314. The summed E-state index contributed by atoms with van der Waals surface area (Å²) in [7, 11) is 1.64. The number of ether oxygens (including phenoxy) is 2. The van der Waals surface area contributed by atoms with Crippen LogP contribution in [0.25, 0.3) is 5.69 Å². The summed E-state index contributed by atoms with van der Waals surface area (Å²) in [6, 6.07) is 15.4. The van der Waals surface area contributed by atoms with E-state index in [4.69, 9.17) is 15.2 Å². The zero-order chi connectivity index (χ0) is 21.5. The molecule has 3 aromatic rings. The van der Waals surface area contributed by atoms with Crippen molar-refractivity contribution in [1.82, 2.24) is 19.7 Å². The van der Waals surface area contributed by atoms with Gasteiger partial charge in [-0.3, -0.25) is 0 Å². The van der Waals surface area contributed by atoms with Gasteiger partial charge in [0.25, 0.3) is 0 Å². The molecule has 0 radical (unpaired) electrons. The number of anilines is 3. The van der Waals surface area contributed by atoms with E-state index in [1.54, 1.807) is 11.8 Å². The number of nitrogens with two attached hydrogens (primary N) is 1. The number of nitrogens with zero attached hydrogens (tertiary/aromatic N) is 4. The lowest BCUT2D eigenvalue weighted by molar-refractivity contribution is 0.203. The van der Waals surface area contributed by atoms with E-state index in [0.29, 0.717) is 24.3 Å². The second kappa shape index (κ2) is 10.2. The standard InChI is InChI=1S/C23H30N6O2/c1-30-21-17-18(11-12-20(21)31-16-8-15-28-13-6-3-7-14-28)25-23-26-22(24)29(27-23)19-9-4-2-5-10-19/h2,4-5,9-12,17H,3,6-8,13-16H2,1H3,(H3,24,25,26,27). The molecular formula is C23H30N6O2. The monoisotopic (exact) mass is 422 g/mol. The van der Waals surface area contributed by atoms with Gasteiger partial charge in [0.1, 0.15) is 0 Å². The number of hydrogen-bond donors (Lipinski definition) is 2. The lowest BCUT2D eigenvalue weighted by Gasteiger charge is -2.26. The zero-order valence-electron chi connectivity index (χ0n) is 18.0. The molecule has 0 unspecified atom stereocenters. The van der Waals surface area contributed by atoms with Gasteiger partial charge < -0.3 is 25.4 Å². The van der Waals surface area contributed by atoms with Gasteiger partial charge in [-0.05, 0) is 56.6 Å². The Bertz CT molecular complexity index is 969. The van der Waals surface area contributed by atoms with Gasteiger partial charge >= 0.3 is 0 Å². The van der Waals surface area contributed by atoms with Gasteiger partial charge in [0.2, 0.25) is 11.9 Å². The molecule has 0 amide bonds. The van der Waals surface area contributed by atoms with Crippen LogP contribution in [0.5, 0.6) is 11.5 Å². The Labute approximate surface area is 183 Å². The summed E-state index contributed by atoms with van der Waals surface area (Å²) in [4.78, 5) is 6.83. The number of rotatable bonds is 9. The lowest BCUT2D eigenvalue weighted by atomic mass is 10.1. The van der Waals surface area contributed by atoms with Crippen LogP contribution in [0, 0.1) is 0 Å². The molecule has 0 saturated carbocycles. The lowest BCUT2D eigenvalue weighted by Crippen LogP contribution is -2.31. The van der Waals surface area contributed by atoms with Gasteiger partial charge in [-0.2, -0.15) is 9.67 Å². The number of piperidine rings is 1. The molecule has 0 atom stereocenters. The molecule has 1 fully saturated rings. The van der Waals surface area contributed by atoms with E-state index in [9.17, 15) is 0 Å². The maximum Gasteiger partial charge on any atom is 0.248 e. The summed E-state index contributed by atoms with van der Waals surface area (Å²) in [5.41, 5.74) is 7.68. The molecular weight excluding hydrogens is 392 g/mol. The first-order chi connectivity index (χ1) is 15.2. The highest BCUT2D eigenvalue weighted by Gasteiger charge is 2.12. The summed E-state index contributed by atoms with van der Waals surface area (Å²) in [6.45, 7) is 4.17. The molecule has 4 rings (SSSR count). The quantitative estimate of drug-likeness (QED) is 0.506. The highest BCUT2D eigenvalue weighted by molar-refractivity contribution is 5.60. The fourth-order valence-electron chi connectivity index (χ4n) is 3.78. The molecule has 0 bridgehead atoms. The smallest absolute Gasteiger partial charge is 0.248 e. The SMILES string of the molecule is COc1cc(Nc2nc(N)n(-c3ccccc3)n2)ccc1OCCCN1CCCCC1. The van der Waals surface area contributed by atoms with Crippen LogP contribution in [-0.2, 0) is 0 Å². The third-order valence-electron chi connectivity index (χ3n) is 5.38. The van der Waals surface area contributed by atoms with Gasteiger partial charge in [-0.1, -0.05) is 24.6 Å². The Balaban J connectivity index is 1.35. The number of nitrogen functional groups attached to an aromatic ring is 1. The minimum Gasteiger partial charge on any atom is -0.493 e. The largest absolute Gasteiger partial charge is 0.493 e. The summed E-state index contributed by atoms with van der Waals surface area (Å²) in [5.74, 6) is 2.13. The molecule has 8 heteroatoms. The number of benzene rings is 2. The average molecular weight is 423 g/mol. The average Bonchev–Trinajstić information content (AvgIpc) is 3.18. The number of aromatic nitrogens is 3. The highest BCUT2D eigenvalue weighted by Crippen LogP contribution is 2.31. The second-order valence-corrected chi connectivity index (χ2v) is 7.64. The summed E-state index contributed by atoms with van der Waals surface area (Å²) >= 11 is 0. The third kappa shape index (κ3) is 5.46. The summed E-state index contributed by atoms with van der Waals surface area (Å²) in [5, 5.41) is 7.63. The van der Waals surface area contributed by atoms with Crippen LogP contribution in [0.2, 0.25) is 0 Å². The third-order valence-corrected chi connectivity index (χ3v) is 5.38. The van der Waals surface area contributed by atoms with Crippen LogP contribution in [0.15, 0.2) is 48.5 Å². The number of likely N-dealkylation sites (tertiary alicyclic amines) is 1. The van der Waals surface area contributed by atoms with Crippen molar-refractivity contribution in [1.29, 1.82) is 0 Å². The van der Waals surface area contributed by atoms with Crippen molar-refractivity contribution >= 4 is 17.6 Å². The first-order valence-corrected chi connectivity index (χ1v) is 10.8. The Hall–Kier alpha value is -3.26. The molecule has 0 spiro atoms. The molecule has 31 heavy (non-hydrogen) atoms. The molecule has 1 aromatic heterocycles. The fourth-order valence-corrected chi connectivity index (χ4v) is 3.78. The molecule has 3 N–H and O–H groups in total. The second-order valence-electron chi connectivity index (χ2n) is 7.64. The molecule has 2 heterocycles. The Morgan fingerprint density at radius 2 is 1.84 bits per heavy atom. The van der Waals surface area contributed by atoms with Gasteiger partial charge in [0.15, 0.2) is 11.5 Å². The Morgan fingerprint density at radius 3 is 2.61 bits per heavy atom. The van der Waals surface area contributed by atoms with Crippen LogP contribution in [0.1, 0.15) is 25.7 Å². The Kier molecular flexibility index (Phi) is 6.89. The summed E-state index contributed by atoms with van der Waals surface area (Å²) < 4.78 is 13.1. The van der Waals surface area contributed by atoms with Crippen LogP contribution >= 0.6 is 0 Å². The molecule has 1 aliphatic heterocycles. The van der Waals surface area contributed by atoms with Crippen molar-refractivity contribution < 1.29 is 9.47 Å². The molecule has 1 saturated heterocycles. The molecule has 0 aliphatic carbocycles. The maximum atomic E-state index is 6.03. The molecule has 1 aliphatic rings. The van der Waals surface area contributed by atoms with E-state index in [0.717, 1.165) is 30.1 Å². The van der Waals surface area contributed by atoms with E-state index in [2.05, 4.69) is 20.3 Å². The van der Waals surface area contributed by atoms with E-state index in [1.165, 1.54) is 32.4 Å². The zero-order valence-corrected chi connectivity index (χ0v) is 18.0. The number of methoxy groups -OCH3 is 1. The van der Waals surface area contributed by atoms with Crippen LogP contribution in [0.4, 0.5) is 17.6 Å². The topological polar surface area (TPSA) is 90.5 Å². The van der Waals surface area contributed by atoms with Crippen LogP contribution < -0.4 is 20.5 Å². The Morgan fingerprint density at radius 1 is 1.03 bits per heavy atom. The van der Waals surface area contributed by atoms with Gasteiger partial charge in [-0.15, -0.1) is 5.10 Å². The van der Waals surface area contributed by atoms with Crippen molar-refractivity contribution in [3.05, 3.63) is 48.5 Å². The molecule has 2 aromatic carbocycles. The first-order valence-electron chi connectivity index (χ1n) is 10.8.